The van der Waals surface area contributed by atoms with Gasteiger partial charge < -0.3 is 5.32 Å². The molecule has 0 heterocycles. The van der Waals surface area contributed by atoms with Crippen LogP contribution in [0.3, 0.4) is 0 Å². The van der Waals surface area contributed by atoms with Gasteiger partial charge in [0.1, 0.15) is 0 Å². The highest BCUT2D eigenvalue weighted by molar-refractivity contribution is 5.82. The lowest BCUT2D eigenvalue weighted by Crippen LogP contribution is -2.11. The number of benzene rings is 3. The molecule has 0 aliphatic carbocycles. The monoisotopic (exact) mass is 385 g/mol. The van der Waals surface area contributed by atoms with Crippen LogP contribution in [0.15, 0.2) is 60.7 Å². The average molecular weight is 386 g/mol. The normalized spacial score (nSPS) is 12.1. The molecule has 0 saturated carbocycles. The molecule has 3 aromatic rings. The maximum absolute atomic E-state index is 3.67. The summed E-state index contributed by atoms with van der Waals surface area (Å²) in [4.78, 5) is 0. The van der Waals surface area contributed by atoms with Crippen LogP contribution in [0.4, 0.5) is 11.4 Å². The van der Waals surface area contributed by atoms with Crippen LogP contribution in [0.25, 0.3) is 11.1 Å². The molecular weight excluding hydrogens is 350 g/mol. The lowest BCUT2D eigenvalue weighted by Gasteiger charge is -2.23. The molecule has 0 atom stereocenters. The molecule has 29 heavy (non-hydrogen) atoms. The minimum atomic E-state index is 0.112. The van der Waals surface area contributed by atoms with Crippen molar-refractivity contribution in [2.24, 2.45) is 0 Å². The van der Waals surface area contributed by atoms with Gasteiger partial charge in [-0.05, 0) is 65.6 Å². The van der Waals surface area contributed by atoms with Crippen molar-refractivity contribution >= 4 is 11.4 Å². The van der Waals surface area contributed by atoms with Crippen molar-refractivity contribution in [3.05, 3.63) is 82.9 Å². The van der Waals surface area contributed by atoms with E-state index in [0.717, 1.165) is 11.4 Å². The van der Waals surface area contributed by atoms with Crippen molar-refractivity contribution < 1.29 is 0 Å². The fraction of sp³-hybridized carbons (Fsp3) is 0.357. The summed E-state index contributed by atoms with van der Waals surface area (Å²) < 4.78 is 0. The standard InChI is InChI=1S/C28H35N/c1-19-15-20(2)17-21(16-19)25-18-23(28(6,7)8)11-14-26(25)29-24-12-9-22(10-13-24)27(3,4)5/h9-18,29H,1-8H3. The molecule has 3 rings (SSSR count). The molecule has 1 nitrogen and oxygen atoms in total. The van der Waals surface area contributed by atoms with Gasteiger partial charge in [0.05, 0.1) is 0 Å². The first kappa shape index (κ1) is 21.2. The average Bonchev–Trinajstić information content (AvgIpc) is 2.60. The van der Waals surface area contributed by atoms with Crippen molar-refractivity contribution in [2.45, 2.75) is 66.2 Å². The Morgan fingerprint density at radius 3 is 1.62 bits per heavy atom. The van der Waals surface area contributed by atoms with E-state index in [1.807, 2.05) is 0 Å². The van der Waals surface area contributed by atoms with Crippen LogP contribution < -0.4 is 5.32 Å². The second kappa shape index (κ2) is 7.71. The van der Waals surface area contributed by atoms with Gasteiger partial charge in [-0.25, -0.2) is 0 Å². The maximum Gasteiger partial charge on any atom is 0.0464 e. The molecule has 0 aromatic heterocycles. The first-order chi connectivity index (χ1) is 13.4. The van der Waals surface area contributed by atoms with Crippen LogP contribution in [0.1, 0.15) is 63.8 Å². The number of hydrogen-bond donors (Lipinski definition) is 1. The molecule has 0 saturated heterocycles. The van der Waals surface area contributed by atoms with Crippen molar-refractivity contribution in [2.75, 3.05) is 5.32 Å². The number of anilines is 2. The van der Waals surface area contributed by atoms with Crippen molar-refractivity contribution in [1.29, 1.82) is 0 Å². The summed E-state index contributed by atoms with van der Waals surface area (Å²) in [6.07, 6.45) is 0. The summed E-state index contributed by atoms with van der Waals surface area (Å²) >= 11 is 0. The summed E-state index contributed by atoms with van der Waals surface area (Å²) in [5.41, 5.74) is 10.3. The Morgan fingerprint density at radius 2 is 1.10 bits per heavy atom. The Kier molecular flexibility index (Phi) is 5.63. The van der Waals surface area contributed by atoms with E-state index in [1.54, 1.807) is 0 Å². The summed E-state index contributed by atoms with van der Waals surface area (Å²) in [7, 11) is 0. The molecule has 3 aromatic carbocycles. The lowest BCUT2D eigenvalue weighted by molar-refractivity contribution is 0.590. The number of nitrogens with one attached hydrogen (secondary N) is 1. The van der Waals surface area contributed by atoms with Gasteiger partial charge in [0.2, 0.25) is 0 Å². The van der Waals surface area contributed by atoms with Crippen molar-refractivity contribution in [1.82, 2.24) is 0 Å². The Hall–Kier alpha value is -2.54. The predicted molar refractivity (Wildman–Crippen MR) is 128 cm³/mol. The molecule has 152 valence electrons. The number of hydrogen-bond acceptors (Lipinski definition) is 1. The van der Waals surface area contributed by atoms with Gasteiger partial charge in [-0.15, -0.1) is 0 Å². The zero-order chi connectivity index (χ0) is 21.4. The summed E-state index contributed by atoms with van der Waals surface area (Å²) in [6.45, 7) is 17.9. The van der Waals surface area contributed by atoms with Gasteiger partial charge in [0, 0.05) is 16.9 Å². The van der Waals surface area contributed by atoms with Crippen LogP contribution in [-0.2, 0) is 10.8 Å². The van der Waals surface area contributed by atoms with Crippen molar-refractivity contribution in [3.8, 4) is 11.1 Å². The first-order valence-electron chi connectivity index (χ1n) is 10.5. The van der Waals surface area contributed by atoms with Crippen LogP contribution >= 0.6 is 0 Å². The topological polar surface area (TPSA) is 12.0 Å². The van der Waals surface area contributed by atoms with Gasteiger partial charge in [-0.3, -0.25) is 0 Å². The highest BCUT2D eigenvalue weighted by Crippen LogP contribution is 2.36. The van der Waals surface area contributed by atoms with E-state index in [-0.39, 0.29) is 10.8 Å². The van der Waals surface area contributed by atoms with E-state index in [4.69, 9.17) is 0 Å². The molecule has 0 radical (unpaired) electrons. The van der Waals surface area contributed by atoms with Gasteiger partial charge >= 0.3 is 0 Å². The summed E-state index contributed by atoms with van der Waals surface area (Å²) in [5, 5.41) is 3.67. The van der Waals surface area contributed by atoms with Crippen molar-refractivity contribution in [3.63, 3.8) is 0 Å². The van der Waals surface area contributed by atoms with Crippen LogP contribution in [0.2, 0.25) is 0 Å². The largest absolute Gasteiger partial charge is 0.355 e. The molecule has 1 N–H and O–H groups in total. The van der Waals surface area contributed by atoms with E-state index in [9.17, 15) is 0 Å². The third-order valence-corrected chi connectivity index (χ3v) is 5.45. The first-order valence-corrected chi connectivity index (χ1v) is 10.5. The molecular formula is C28H35N. The quantitative estimate of drug-likeness (QED) is 0.478. The molecule has 0 spiro atoms. The highest BCUT2D eigenvalue weighted by Gasteiger charge is 2.17. The van der Waals surface area contributed by atoms with E-state index < -0.39 is 0 Å². The van der Waals surface area contributed by atoms with Crippen LogP contribution in [0, 0.1) is 13.8 Å². The fourth-order valence-electron chi connectivity index (χ4n) is 3.70. The third kappa shape index (κ3) is 5.09. The zero-order valence-corrected chi connectivity index (χ0v) is 19.3. The molecule has 0 amide bonds. The second-order valence-electron chi connectivity index (χ2n) is 10.3. The maximum atomic E-state index is 3.67. The fourth-order valence-corrected chi connectivity index (χ4v) is 3.70. The number of aryl methyl sites for hydroxylation is 2. The van der Waals surface area contributed by atoms with Gasteiger partial charge in [0.25, 0.3) is 0 Å². The molecule has 0 unspecified atom stereocenters. The molecule has 1 heteroatoms. The Balaban J connectivity index is 2.06. The highest BCUT2D eigenvalue weighted by atomic mass is 14.9. The van der Waals surface area contributed by atoms with Gasteiger partial charge in [0.15, 0.2) is 0 Å². The van der Waals surface area contributed by atoms with Crippen LogP contribution in [-0.4, -0.2) is 0 Å². The molecule has 0 aliphatic rings. The summed E-state index contributed by atoms with van der Waals surface area (Å²) in [6, 6.07) is 22.4. The SMILES string of the molecule is Cc1cc(C)cc(-c2cc(C(C)(C)C)ccc2Nc2ccc(C(C)(C)C)cc2)c1. The Labute approximate surface area is 177 Å². The zero-order valence-electron chi connectivity index (χ0n) is 19.3. The van der Waals surface area contributed by atoms with E-state index in [0.29, 0.717) is 0 Å². The van der Waals surface area contributed by atoms with Gasteiger partial charge in [-0.1, -0.05) is 89.1 Å². The predicted octanol–water partition coefficient (Wildman–Crippen LogP) is 8.31. The third-order valence-electron chi connectivity index (χ3n) is 5.45. The Morgan fingerprint density at radius 1 is 0.586 bits per heavy atom. The molecule has 0 bridgehead atoms. The minimum absolute atomic E-state index is 0.112. The van der Waals surface area contributed by atoms with E-state index in [2.05, 4.69) is 121 Å². The van der Waals surface area contributed by atoms with E-state index >= 15 is 0 Å². The minimum Gasteiger partial charge on any atom is -0.355 e. The Bertz CT molecular complexity index is 976. The smallest absolute Gasteiger partial charge is 0.0464 e. The molecule has 0 fully saturated rings. The number of rotatable bonds is 3. The van der Waals surface area contributed by atoms with Crippen LogP contribution in [0.5, 0.6) is 0 Å². The lowest BCUT2D eigenvalue weighted by atomic mass is 9.84. The van der Waals surface area contributed by atoms with E-state index in [1.165, 1.54) is 33.4 Å². The van der Waals surface area contributed by atoms with Gasteiger partial charge in [-0.2, -0.15) is 0 Å². The summed E-state index contributed by atoms with van der Waals surface area (Å²) in [5.74, 6) is 0. The second-order valence-corrected chi connectivity index (χ2v) is 10.3. The molecule has 0 aliphatic heterocycles.